The number of nitrogen functional groups attached to an aromatic ring is 1. The third-order valence-electron chi connectivity index (χ3n) is 2.25. The van der Waals surface area contributed by atoms with Gasteiger partial charge in [-0.2, -0.15) is 0 Å². The Balaban J connectivity index is 3.64. The van der Waals surface area contributed by atoms with Gasteiger partial charge >= 0.3 is 6.17 Å². The van der Waals surface area contributed by atoms with Crippen molar-refractivity contribution in [2.75, 3.05) is 5.73 Å². The molecule has 0 aliphatic rings. The number of anilines is 1. The van der Waals surface area contributed by atoms with E-state index in [1.165, 1.54) is 0 Å². The molecule has 0 fully saturated rings. The van der Waals surface area contributed by atoms with Crippen LogP contribution in [0.3, 0.4) is 0 Å². The monoisotopic (exact) mass is 287 g/mol. The first-order valence-corrected chi connectivity index (χ1v) is 4.66. The zero-order valence-electron chi connectivity index (χ0n) is 9.36. The normalized spacial score (nSPS) is 10.2. The van der Waals surface area contributed by atoms with Crippen molar-refractivity contribution in [1.29, 1.82) is 0 Å². The van der Waals surface area contributed by atoms with Crippen molar-refractivity contribution < 1.29 is 19.7 Å². The summed E-state index contributed by atoms with van der Waals surface area (Å²) in [6.07, 6.45) is -2.56. The molecule has 0 spiro atoms. The second kappa shape index (κ2) is 5.09. The van der Waals surface area contributed by atoms with E-state index in [1.807, 2.05) is 0 Å². The number of nitrogens with two attached hydrogens (primary N) is 1. The van der Waals surface area contributed by atoms with E-state index in [1.54, 1.807) is 0 Å². The Morgan fingerprint density at radius 2 is 1.20 bits per heavy atom. The number of rotatable bonds is 5. The van der Waals surface area contributed by atoms with Crippen LogP contribution in [0.1, 0.15) is 11.7 Å². The van der Waals surface area contributed by atoms with Gasteiger partial charge in [-0.15, -0.1) is 0 Å². The highest BCUT2D eigenvalue weighted by Crippen LogP contribution is 2.35. The molecule has 0 radical (unpaired) electrons. The van der Waals surface area contributed by atoms with Crippen molar-refractivity contribution >= 4 is 17.1 Å². The minimum absolute atomic E-state index is 0.471. The van der Waals surface area contributed by atoms with Crippen molar-refractivity contribution in [3.63, 3.8) is 0 Å². The first kappa shape index (κ1) is 14.7. The Kier molecular flexibility index (Phi) is 3.73. The second-order valence-electron chi connectivity index (χ2n) is 3.43. The van der Waals surface area contributed by atoms with Gasteiger partial charge < -0.3 is 5.73 Å². The van der Waals surface area contributed by atoms with Gasteiger partial charge in [0.1, 0.15) is 15.4 Å². The minimum Gasteiger partial charge on any atom is -0.388 e. The van der Waals surface area contributed by atoms with Crippen molar-refractivity contribution in [2.45, 2.75) is 6.17 Å². The van der Waals surface area contributed by atoms with Gasteiger partial charge in [-0.05, 0) is 0 Å². The predicted molar refractivity (Wildman–Crippen MR) is 60.9 cm³/mol. The first-order valence-electron chi connectivity index (χ1n) is 4.66. The minimum atomic E-state index is -2.56. The summed E-state index contributed by atoms with van der Waals surface area (Å²) in [6.45, 7) is 0. The third kappa shape index (κ3) is 2.55. The molecule has 0 saturated heterocycles. The zero-order chi connectivity index (χ0) is 15.6. The molecule has 1 aromatic rings. The maximum atomic E-state index is 10.7. The van der Waals surface area contributed by atoms with Crippen LogP contribution in [0.2, 0.25) is 0 Å². The molecular formula is C7H5N5O8. The first-order chi connectivity index (χ1) is 9.16. The number of hydrogen-bond donors (Lipinski definition) is 1. The standard InChI is InChI=1S/C7H5N5O8/c8-6-4(9(13)14)1-3(2-5(6)10(15)16)7(11(17)18)12(19)20/h1-2,7H,8H2. The molecule has 0 unspecified atom stereocenters. The zero-order valence-corrected chi connectivity index (χ0v) is 9.36. The van der Waals surface area contributed by atoms with E-state index in [0.29, 0.717) is 12.1 Å². The molecule has 0 amide bonds. The number of nitro benzene ring substituents is 2. The van der Waals surface area contributed by atoms with Crippen molar-refractivity contribution in [3.05, 3.63) is 58.2 Å². The molecule has 13 nitrogen and oxygen atoms in total. The molecule has 0 heterocycles. The van der Waals surface area contributed by atoms with Crippen molar-refractivity contribution in [3.8, 4) is 0 Å². The van der Waals surface area contributed by atoms with Crippen LogP contribution >= 0.6 is 0 Å². The summed E-state index contributed by atoms with van der Waals surface area (Å²) >= 11 is 0. The maximum absolute atomic E-state index is 10.7. The molecular weight excluding hydrogens is 282 g/mol. The summed E-state index contributed by atoms with van der Waals surface area (Å²) in [5, 5.41) is 42.5. The predicted octanol–water partition coefficient (Wildman–Crippen LogP) is 0.637. The Bertz CT molecular complexity index is 579. The lowest BCUT2D eigenvalue weighted by Gasteiger charge is -2.04. The summed E-state index contributed by atoms with van der Waals surface area (Å²) in [5.74, 6) is 0. The van der Waals surface area contributed by atoms with Crippen LogP contribution in [0.15, 0.2) is 12.1 Å². The smallest absolute Gasteiger partial charge is 0.388 e. The number of nitrogens with zero attached hydrogens (tertiary/aromatic N) is 4. The van der Waals surface area contributed by atoms with Gasteiger partial charge in [-0.25, -0.2) is 0 Å². The molecule has 20 heavy (non-hydrogen) atoms. The van der Waals surface area contributed by atoms with Crippen LogP contribution in [0.5, 0.6) is 0 Å². The van der Waals surface area contributed by atoms with Gasteiger partial charge in [0.2, 0.25) is 0 Å². The van der Waals surface area contributed by atoms with Gasteiger partial charge in [-0.3, -0.25) is 40.5 Å². The second-order valence-corrected chi connectivity index (χ2v) is 3.43. The van der Waals surface area contributed by atoms with E-state index >= 15 is 0 Å². The van der Waals surface area contributed by atoms with E-state index in [4.69, 9.17) is 5.73 Å². The fourth-order valence-corrected chi connectivity index (χ4v) is 1.42. The quantitative estimate of drug-likeness (QED) is 0.349. The van der Waals surface area contributed by atoms with Crippen LogP contribution in [0, 0.1) is 40.5 Å². The highest BCUT2D eigenvalue weighted by Gasteiger charge is 2.39. The maximum Gasteiger partial charge on any atom is 0.477 e. The summed E-state index contributed by atoms with van der Waals surface area (Å²) in [6, 6.07) is 0.942. The Morgan fingerprint density at radius 1 is 0.850 bits per heavy atom. The molecule has 0 bridgehead atoms. The van der Waals surface area contributed by atoms with Crippen molar-refractivity contribution in [2.24, 2.45) is 0 Å². The topological polar surface area (TPSA) is 199 Å². The lowest BCUT2D eigenvalue weighted by atomic mass is 10.1. The highest BCUT2D eigenvalue weighted by molar-refractivity contribution is 5.72. The average molecular weight is 287 g/mol. The van der Waals surface area contributed by atoms with Crippen molar-refractivity contribution in [1.82, 2.24) is 0 Å². The Hall–Kier alpha value is -3.38. The van der Waals surface area contributed by atoms with Gasteiger partial charge in [0.15, 0.2) is 5.69 Å². The number of hydrogen-bond acceptors (Lipinski definition) is 9. The third-order valence-corrected chi connectivity index (χ3v) is 2.25. The van der Waals surface area contributed by atoms with E-state index in [-0.39, 0.29) is 0 Å². The van der Waals surface area contributed by atoms with E-state index in [0.717, 1.165) is 0 Å². The van der Waals surface area contributed by atoms with Gasteiger partial charge in [0.05, 0.1) is 9.85 Å². The molecule has 1 aromatic carbocycles. The Morgan fingerprint density at radius 3 is 1.45 bits per heavy atom. The molecule has 2 N–H and O–H groups in total. The van der Waals surface area contributed by atoms with Gasteiger partial charge in [0, 0.05) is 12.1 Å². The lowest BCUT2D eigenvalue weighted by Crippen LogP contribution is -2.20. The molecule has 0 aliphatic heterocycles. The molecule has 0 aliphatic carbocycles. The molecule has 1 rings (SSSR count). The van der Waals surface area contributed by atoms with Crippen LogP contribution in [0.4, 0.5) is 17.1 Å². The molecule has 0 saturated carbocycles. The average Bonchev–Trinajstić information content (AvgIpc) is 2.29. The molecule has 106 valence electrons. The molecule has 0 aromatic heterocycles. The van der Waals surface area contributed by atoms with Crippen LogP contribution < -0.4 is 5.73 Å². The summed E-state index contributed by atoms with van der Waals surface area (Å²) in [7, 11) is 0. The fourth-order valence-electron chi connectivity index (χ4n) is 1.42. The molecule has 13 heteroatoms. The lowest BCUT2D eigenvalue weighted by molar-refractivity contribution is -0.752. The van der Waals surface area contributed by atoms with E-state index in [9.17, 15) is 40.5 Å². The molecule has 0 atom stereocenters. The van der Waals surface area contributed by atoms with E-state index < -0.39 is 48.5 Å². The summed E-state index contributed by atoms with van der Waals surface area (Å²) < 4.78 is 0. The SMILES string of the molecule is Nc1c([N+](=O)[O-])cc(C([N+](=O)[O-])[N+](=O)[O-])cc1[N+](=O)[O-]. The number of benzene rings is 1. The largest absolute Gasteiger partial charge is 0.477 e. The van der Waals surface area contributed by atoms with Crippen LogP contribution in [-0.4, -0.2) is 19.7 Å². The highest BCUT2D eigenvalue weighted by atomic mass is 16.7. The fraction of sp³-hybridized carbons (Fsp3) is 0.143. The Labute approximate surface area is 108 Å². The van der Waals surface area contributed by atoms with Gasteiger partial charge in [0.25, 0.3) is 11.4 Å². The van der Waals surface area contributed by atoms with Gasteiger partial charge in [-0.1, -0.05) is 0 Å². The summed E-state index contributed by atoms with van der Waals surface area (Å²) in [5.41, 5.74) is 1.51. The van der Waals surface area contributed by atoms with E-state index in [2.05, 4.69) is 0 Å². The number of nitro groups is 4. The van der Waals surface area contributed by atoms with Crippen LogP contribution in [-0.2, 0) is 0 Å². The summed E-state index contributed by atoms with van der Waals surface area (Å²) in [4.78, 5) is 37.6. The van der Waals surface area contributed by atoms with Crippen LogP contribution in [0.25, 0.3) is 0 Å².